The van der Waals surface area contributed by atoms with Crippen molar-refractivity contribution in [2.45, 2.75) is 19.0 Å². The molecule has 0 aliphatic heterocycles. The number of rotatable bonds is 5. The number of halogens is 3. The number of H-pyrrole nitrogens is 1. The summed E-state index contributed by atoms with van der Waals surface area (Å²) in [6, 6.07) is 11.1. The van der Waals surface area contributed by atoms with Crippen molar-refractivity contribution in [1.82, 2.24) is 10.2 Å². The van der Waals surface area contributed by atoms with Gasteiger partial charge in [0.2, 0.25) is 0 Å². The lowest BCUT2D eigenvalue weighted by Gasteiger charge is -2.15. The molecule has 0 bridgehead atoms. The molecule has 0 saturated carbocycles. The fourth-order valence-electron chi connectivity index (χ4n) is 2.66. The lowest BCUT2D eigenvalue weighted by molar-refractivity contribution is -0.153. The van der Waals surface area contributed by atoms with E-state index in [-0.39, 0.29) is 11.7 Å². The smallest absolute Gasteiger partial charge is 0.422 e. The number of hydrogen-bond donors (Lipinski definition) is 2. The van der Waals surface area contributed by atoms with Crippen LogP contribution in [0.15, 0.2) is 42.6 Å². The van der Waals surface area contributed by atoms with Gasteiger partial charge in [0, 0.05) is 5.56 Å². The Labute approximate surface area is 142 Å². The zero-order chi connectivity index (χ0) is 18.0. The van der Waals surface area contributed by atoms with E-state index in [2.05, 4.69) is 10.2 Å². The first kappa shape index (κ1) is 17.3. The van der Waals surface area contributed by atoms with E-state index < -0.39 is 12.8 Å². The van der Waals surface area contributed by atoms with Crippen molar-refractivity contribution in [2.24, 2.45) is 5.73 Å². The van der Waals surface area contributed by atoms with Crippen LogP contribution in [0.1, 0.15) is 18.4 Å². The highest BCUT2D eigenvalue weighted by Crippen LogP contribution is 2.37. The van der Waals surface area contributed by atoms with Crippen LogP contribution in [-0.2, 0) is 0 Å². The predicted octanol–water partition coefficient (Wildman–Crippen LogP) is 4.23. The molecular formula is C18H18F3N3O. The van der Waals surface area contributed by atoms with Crippen LogP contribution < -0.4 is 10.5 Å². The number of alkyl halides is 3. The zero-order valence-electron chi connectivity index (χ0n) is 13.6. The highest BCUT2D eigenvalue weighted by atomic mass is 19.4. The van der Waals surface area contributed by atoms with Gasteiger partial charge in [-0.3, -0.25) is 5.10 Å². The number of aromatic amines is 1. The third-order valence-electron chi connectivity index (χ3n) is 4.10. The molecule has 3 aromatic rings. The number of ether oxygens (including phenoxy) is 1. The molecule has 1 heterocycles. The lowest BCUT2D eigenvalue weighted by Crippen LogP contribution is -2.19. The molecule has 25 heavy (non-hydrogen) atoms. The molecule has 2 aromatic carbocycles. The number of fused-ring (bicyclic) bond motifs is 1. The van der Waals surface area contributed by atoms with Gasteiger partial charge < -0.3 is 10.5 Å². The highest BCUT2D eigenvalue weighted by molar-refractivity contribution is 5.92. The van der Waals surface area contributed by atoms with Gasteiger partial charge in [-0.25, -0.2) is 0 Å². The van der Waals surface area contributed by atoms with Crippen LogP contribution in [-0.4, -0.2) is 29.5 Å². The summed E-state index contributed by atoms with van der Waals surface area (Å²) in [6.45, 7) is 1.19. The monoisotopic (exact) mass is 349 g/mol. The van der Waals surface area contributed by atoms with Crippen LogP contribution in [0.3, 0.4) is 0 Å². The minimum atomic E-state index is -4.41. The summed E-state index contributed by atoms with van der Waals surface area (Å²) in [7, 11) is 0. The molecular weight excluding hydrogens is 331 g/mol. The number of aromatic nitrogens is 2. The molecule has 0 spiro atoms. The van der Waals surface area contributed by atoms with Gasteiger partial charge in [0.25, 0.3) is 0 Å². The summed E-state index contributed by atoms with van der Waals surface area (Å²) >= 11 is 0. The summed E-state index contributed by atoms with van der Waals surface area (Å²) in [5.41, 5.74) is 8.73. The zero-order valence-corrected chi connectivity index (χ0v) is 13.6. The fraction of sp³-hybridized carbons (Fsp3) is 0.278. The van der Waals surface area contributed by atoms with Crippen LogP contribution in [0.25, 0.3) is 22.0 Å². The van der Waals surface area contributed by atoms with Crippen molar-refractivity contribution in [2.75, 3.05) is 13.2 Å². The van der Waals surface area contributed by atoms with Gasteiger partial charge in [-0.1, -0.05) is 31.2 Å². The Kier molecular flexibility index (Phi) is 4.67. The SMILES string of the molecule is CC(CN)c1ccc(-c2ccc3[nH]ncc3c2OCC(F)(F)F)cc1. The molecule has 1 unspecified atom stereocenters. The van der Waals surface area contributed by atoms with Crippen molar-refractivity contribution in [1.29, 1.82) is 0 Å². The van der Waals surface area contributed by atoms with Crippen LogP contribution in [0, 0.1) is 0 Å². The Morgan fingerprint density at radius 2 is 1.88 bits per heavy atom. The van der Waals surface area contributed by atoms with Gasteiger partial charge in [-0.2, -0.15) is 18.3 Å². The second-order valence-corrected chi connectivity index (χ2v) is 5.94. The fourth-order valence-corrected chi connectivity index (χ4v) is 2.66. The lowest BCUT2D eigenvalue weighted by atomic mass is 9.96. The summed E-state index contributed by atoms with van der Waals surface area (Å²) in [5, 5.41) is 7.15. The summed E-state index contributed by atoms with van der Waals surface area (Å²) < 4.78 is 43.0. The summed E-state index contributed by atoms with van der Waals surface area (Å²) in [5.74, 6) is 0.384. The molecule has 1 atom stereocenters. The second-order valence-electron chi connectivity index (χ2n) is 5.94. The normalized spacial score (nSPS) is 13.2. The van der Waals surface area contributed by atoms with Crippen molar-refractivity contribution < 1.29 is 17.9 Å². The van der Waals surface area contributed by atoms with E-state index in [0.717, 1.165) is 11.1 Å². The first-order valence-electron chi connectivity index (χ1n) is 7.85. The molecule has 132 valence electrons. The Balaban J connectivity index is 2.02. The molecule has 0 amide bonds. The quantitative estimate of drug-likeness (QED) is 0.724. The molecule has 0 fully saturated rings. The molecule has 0 radical (unpaired) electrons. The molecule has 0 aliphatic carbocycles. The number of benzene rings is 2. The van der Waals surface area contributed by atoms with Crippen molar-refractivity contribution in [3.8, 4) is 16.9 Å². The number of nitrogens with one attached hydrogen (secondary N) is 1. The molecule has 7 heteroatoms. The molecule has 3 rings (SSSR count). The van der Waals surface area contributed by atoms with Crippen molar-refractivity contribution >= 4 is 10.9 Å². The standard InChI is InChI=1S/C18H18F3N3O/c1-11(8-22)12-2-4-13(5-3-12)14-6-7-16-15(9-23-24-16)17(14)25-10-18(19,20)21/h2-7,9,11H,8,10,22H2,1H3,(H,23,24). The average Bonchev–Trinajstić information content (AvgIpc) is 3.07. The van der Waals surface area contributed by atoms with E-state index >= 15 is 0 Å². The molecule has 1 aromatic heterocycles. The van der Waals surface area contributed by atoms with Crippen LogP contribution >= 0.6 is 0 Å². The molecule has 3 N–H and O–H groups in total. The van der Waals surface area contributed by atoms with Crippen LogP contribution in [0.2, 0.25) is 0 Å². The van der Waals surface area contributed by atoms with Gasteiger partial charge >= 0.3 is 6.18 Å². The van der Waals surface area contributed by atoms with Gasteiger partial charge in [0.15, 0.2) is 6.61 Å². The van der Waals surface area contributed by atoms with Gasteiger partial charge in [-0.15, -0.1) is 0 Å². The molecule has 0 saturated heterocycles. The maximum atomic E-state index is 12.6. The van der Waals surface area contributed by atoms with E-state index in [0.29, 0.717) is 23.0 Å². The summed E-state index contributed by atoms with van der Waals surface area (Å²) in [6.07, 6.45) is -2.95. The van der Waals surface area contributed by atoms with E-state index in [1.54, 1.807) is 12.1 Å². The number of hydrogen-bond acceptors (Lipinski definition) is 3. The third kappa shape index (κ3) is 3.76. The first-order valence-corrected chi connectivity index (χ1v) is 7.85. The predicted molar refractivity (Wildman–Crippen MR) is 90.5 cm³/mol. The van der Waals surface area contributed by atoms with E-state index in [1.807, 2.05) is 31.2 Å². The first-order chi connectivity index (χ1) is 11.9. The number of nitrogens with two attached hydrogens (primary N) is 1. The third-order valence-corrected chi connectivity index (χ3v) is 4.10. The Morgan fingerprint density at radius 1 is 1.16 bits per heavy atom. The highest BCUT2D eigenvalue weighted by Gasteiger charge is 2.29. The van der Waals surface area contributed by atoms with E-state index in [4.69, 9.17) is 10.5 Å². The van der Waals surface area contributed by atoms with E-state index in [1.165, 1.54) is 6.20 Å². The average molecular weight is 349 g/mol. The van der Waals surface area contributed by atoms with Gasteiger partial charge in [0.1, 0.15) is 5.75 Å². The van der Waals surface area contributed by atoms with Crippen molar-refractivity contribution in [3.05, 3.63) is 48.2 Å². The van der Waals surface area contributed by atoms with Crippen LogP contribution in [0.4, 0.5) is 13.2 Å². The topological polar surface area (TPSA) is 63.9 Å². The Bertz CT molecular complexity index is 856. The minimum absolute atomic E-state index is 0.170. The minimum Gasteiger partial charge on any atom is -0.483 e. The van der Waals surface area contributed by atoms with E-state index in [9.17, 15) is 13.2 Å². The maximum Gasteiger partial charge on any atom is 0.422 e. The Hall–Kier alpha value is -2.54. The summed E-state index contributed by atoms with van der Waals surface area (Å²) in [4.78, 5) is 0. The van der Waals surface area contributed by atoms with Crippen LogP contribution in [0.5, 0.6) is 5.75 Å². The van der Waals surface area contributed by atoms with Gasteiger partial charge in [-0.05, 0) is 35.7 Å². The molecule has 0 aliphatic rings. The van der Waals surface area contributed by atoms with Crippen molar-refractivity contribution in [3.63, 3.8) is 0 Å². The largest absolute Gasteiger partial charge is 0.483 e. The molecule has 4 nitrogen and oxygen atoms in total. The number of nitrogens with zero attached hydrogens (tertiary/aromatic N) is 1. The maximum absolute atomic E-state index is 12.6. The Morgan fingerprint density at radius 3 is 2.52 bits per heavy atom. The second kappa shape index (κ2) is 6.76. The van der Waals surface area contributed by atoms with Gasteiger partial charge in [0.05, 0.1) is 17.1 Å².